The van der Waals surface area contributed by atoms with Crippen molar-refractivity contribution in [1.82, 2.24) is 10.3 Å². The standard InChI is InChI=1S/C15H22BrN3/c1-11-7-14(16)15(18-8-11)19(13-4-5-13)10-12-3-2-6-17-9-12/h7-8,12-13,17H,2-6,9-10H2,1H3. The number of pyridine rings is 1. The van der Waals surface area contributed by atoms with Crippen molar-refractivity contribution in [3.05, 3.63) is 22.3 Å². The maximum Gasteiger partial charge on any atom is 0.143 e. The van der Waals surface area contributed by atoms with Crippen LogP contribution in [0.4, 0.5) is 5.82 Å². The van der Waals surface area contributed by atoms with Crippen molar-refractivity contribution < 1.29 is 0 Å². The van der Waals surface area contributed by atoms with E-state index < -0.39 is 0 Å². The maximum atomic E-state index is 4.66. The van der Waals surface area contributed by atoms with E-state index >= 15 is 0 Å². The van der Waals surface area contributed by atoms with E-state index in [0.29, 0.717) is 6.04 Å². The van der Waals surface area contributed by atoms with E-state index in [2.05, 4.69) is 44.1 Å². The third-order valence-electron chi connectivity index (χ3n) is 4.07. The van der Waals surface area contributed by atoms with Gasteiger partial charge in [-0.1, -0.05) is 0 Å². The third-order valence-corrected chi connectivity index (χ3v) is 4.66. The number of piperidine rings is 1. The van der Waals surface area contributed by atoms with Gasteiger partial charge >= 0.3 is 0 Å². The van der Waals surface area contributed by atoms with Gasteiger partial charge < -0.3 is 10.2 Å². The molecule has 1 aliphatic heterocycles. The number of nitrogens with zero attached hydrogens (tertiary/aromatic N) is 2. The van der Waals surface area contributed by atoms with E-state index in [1.54, 1.807) is 0 Å². The van der Waals surface area contributed by atoms with Gasteiger partial charge in [-0.2, -0.15) is 0 Å². The molecule has 0 aromatic carbocycles. The fraction of sp³-hybridized carbons (Fsp3) is 0.667. The number of aryl methyl sites for hydroxylation is 1. The summed E-state index contributed by atoms with van der Waals surface area (Å²) in [4.78, 5) is 7.19. The number of anilines is 1. The van der Waals surface area contributed by atoms with Gasteiger partial charge in [0.15, 0.2) is 0 Å². The second-order valence-electron chi connectivity index (χ2n) is 5.91. The molecule has 1 N–H and O–H groups in total. The van der Waals surface area contributed by atoms with Crippen molar-refractivity contribution in [1.29, 1.82) is 0 Å². The fourth-order valence-electron chi connectivity index (χ4n) is 2.89. The number of halogens is 1. The Morgan fingerprint density at radius 2 is 2.26 bits per heavy atom. The Balaban J connectivity index is 1.76. The first-order valence-corrected chi connectivity index (χ1v) is 8.13. The summed E-state index contributed by atoms with van der Waals surface area (Å²) in [7, 11) is 0. The number of hydrogen-bond donors (Lipinski definition) is 1. The average molecular weight is 324 g/mol. The number of hydrogen-bond acceptors (Lipinski definition) is 3. The van der Waals surface area contributed by atoms with Crippen LogP contribution in [0.15, 0.2) is 16.7 Å². The summed E-state index contributed by atoms with van der Waals surface area (Å²) in [6.07, 6.45) is 7.28. The van der Waals surface area contributed by atoms with E-state index in [9.17, 15) is 0 Å². The molecular weight excluding hydrogens is 302 g/mol. The molecule has 0 amide bonds. The first-order valence-electron chi connectivity index (χ1n) is 7.33. The topological polar surface area (TPSA) is 28.2 Å². The van der Waals surface area contributed by atoms with Crippen molar-refractivity contribution in [2.24, 2.45) is 5.92 Å². The molecule has 19 heavy (non-hydrogen) atoms. The van der Waals surface area contributed by atoms with Crippen molar-refractivity contribution >= 4 is 21.7 Å². The van der Waals surface area contributed by atoms with Gasteiger partial charge in [-0.25, -0.2) is 4.98 Å². The van der Waals surface area contributed by atoms with Crippen LogP contribution in [0.2, 0.25) is 0 Å². The monoisotopic (exact) mass is 323 g/mol. The molecule has 104 valence electrons. The highest BCUT2D eigenvalue weighted by molar-refractivity contribution is 9.10. The minimum Gasteiger partial charge on any atom is -0.352 e. The van der Waals surface area contributed by atoms with Gasteiger partial charge in [0.2, 0.25) is 0 Å². The minimum absolute atomic E-state index is 0.716. The number of aromatic nitrogens is 1. The van der Waals surface area contributed by atoms with Crippen LogP contribution in [-0.4, -0.2) is 30.7 Å². The molecule has 1 unspecified atom stereocenters. The predicted molar refractivity (Wildman–Crippen MR) is 82.6 cm³/mol. The largest absolute Gasteiger partial charge is 0.352 e. The van der Waals surface area contributed by atoms with Crippen molar-refractivity contribution in [3.63, 3.8) is 0 Å². The summed E-state index contributed by atoms with van der Waals surface area (Å²) in [5, 5.41) is 3.52. The lowest BCUT2D eigenvalue weighted by Crippen LogP contribution is -2.39. The van der Waals surface area contributed by atoms with Gasteiger partial charge in [0.25, 0.3) is 0 Å². The summed E-state index contributed by atoms with van der Waals surface area (Å²) in [6, 6.07) is 2.89. The molecule has 2 fully saturated rings. The van der Waals surface area contributed by atoms with Gasteiger partial charge in [0, 0.05) is 18.8 Å². The van der Waals surface area contributed by atoms with Crippen LogP contribution >= 0.6 is 15.9 Å². The molecule has 4 heteroatoms. The maximum absolute atomic E-state index is 4.66. The van der Waals surface area contributed by atoms with Gasteiger partial charge in [-0.15, -0.1) is 0 Å². The molecule has 1 saturated heterocycles. The molecule has 1 aromatic heterocycles. The summed E-state index contributed by atoms with van der Waals surface area (Å²) >= 11 is 3.69. The normalized spacial score (nSPS) is 23.4. The Hall–Kier alpha value is -0.610. The fourth-order valence-corrected chi connectivity index (χ4v) is 3.58. The molecule has 1 saturated carbocycles. The van der Waals surface area contributed by atoms with Gasteiger partial charge in [-0.3, -0.25) is 0 Å². The van der Waals surface area contributed by atoms with Crippen LogP contribution in [0.1, 0.15) is 31.2 Å². The Morgan fingerprint density at radius 1 is 1.42 bits per heavy atom. The predicted octanol–water partition coefficient (Wildman–Crippen LogP) is 3.12. The molecule has 1 aromatic rings. The van der Waals surface area contributed by atoms with E-state index in [1.165, 1.54) is 37.8 Å². The molecule has 1 aliphatic carbocycles. The Kier molecular flexibility index (Phi) is 4.08. The Morgan fingerprint density at radius 3 is 2.89 bits per heavy atom. The third kappa shape index (κ3) is 3.29. The van der Waals surface area contributed by atoms with Crippen LogP contribution in [0.25, 0.3) is 0 Å². The Labute approximate surface area is 123 Å². The van der Waals surface area contributed by atoms with Gasteiger partial charge in [-0.05, 0) is 79.2 Å². The van der Waals surface area contributed by atoms with Gasteiger partial charge in [0.1, 0.15) is 5.82 Å². The van der Waals surface area contributed by atoms with Crippen LogP contribution in [-0.2, 0) is 0 Å². The molecule has 3 rings (SSSR count). The Bertz CT molecular complexity index is 439. The molecular formula is C15H22BrN3. The van der Waals surface area contributed by atoms with E-state index in [-0.39, 0.29) is 0 Å². The zero-order valence-corrected chi connectivity index (χ0v) is 13.1. The molecule has 2 aliphatic rings. The highest BCUT2D eigenvalue weighted by atomic mass is 79.9. The zero-order valence-electron chi connectivity index (χ0n) is 11.5. The van der Waals surface area contributed by atoms with E-state index in [0.717, 1.165) is 29.3 Å². The van der Waals surface area contributed by atoms with Crippen LogP contribution < -0.4 is 10.2 Å². The lowest BCUT2D eigenvalue weighted by Gasteiger charge is -2.31. The molecule has 3 nitrogen and oxygen atoms in total. The first kappa shape index (κ1) is 13.4. The average Bonchev–Trinajstić information content (AvgIpc) is 3.22. The highest BCUT2D eigenvalue weighted by Crippen LogP contribution is 2.35. The molecule has 0 radical (unpaired) electrons. The highest BCUT2D eigenvalue weighted by Gasteiger charge is 2.32. The molecule has 2 heterocycles. The lowest BCUT2D eigenvalue weighted by atomic mass is 9.99. The minimum atomic E-state index is 0.716. The number of nitrogens with one attached hydrogen (secondary N) is 1. The van der Waals surface area contributed by atoms with Crippen LogP contribution in [0.3, 0.4) is 0 Å². The molecule has 0 bridgehead atoms. The number of rotatable bonds is 4. The molecule has 1 atom stereocenters. The van der Waals surface area contributed by atoms with Crippen molar-refractivity contribution in [2.75, 3.05) is 24.5 Å². The van der Waals surface area contributed by atoms with Crippen molar-refractivity contribution in [2.45, 2.75) is 38.6 Å². The smallest absolute Gasteiger partial charge is 0.143 e. The second-order valence-corrected chi connectivity index (χ2v) is 6.77. The van der Waals surface area contributed by atoms with E-state index in [4.69, 9.17) is 0 Å². The van der Waals surface area contributed by atoms with Crippen LogP contribution in [0.5, 0.6) is 0 Å². The summed E-state index contributed by atoms with van der Waals surface area (Å²) < 4.78 is 1.14. The van der Waals surface area contributed by atoms with E-state index in [1.807, 2.05) is 6.20 Å². The molecule has 0 spiro atoms. The zero-order chi connectivity index (χ0) is 13.2. The van der Waals surface area contributed by atoms with Crippen LogP contribution in [0, 0.1) is 12.8 Å². The first-order chi connectivity index (χ1) is 9.24. The summed E-state index contributed by atoms with van der Waals surface area (Å²) in [5.41, 5.74) is 1.21. The second kappa shape index (κ2) is 5.80. The van der Waals surface area contributed by atoms with Crippen molar-refractivity contribution in [3.8, 4) is 0 Å². The SMILES string of the molecule is Cc1cnc(N(CC2CCCNC2)C2CC2)c(Br)c1. The quantitative estimate of drug-likeness (QED) is 0.922. The summed E-state index contributed by atoms with van der Waals surface area (Å²) in [5.74, 6) is 1.91. The summed E-state index contributed by atoms with van der Waals surface area (Å²) in [6.45, 7) is 5.58. The van der Waals surface area contributed by atoms with Gasteiger partial charge in [0.05, 0.1) is 4.47 Å². The lowest BCUT2D eigenvalue weighted by molar-refractivity contribution is 0.375.